The molecule has 0 radical (unpaired) electrons. The number of nitrogens with one attached hydrogen (secondary N) is 2. The van der Waals surface area contributed by atoms with E-state index in [-0.39, 0.29) is 45.7 Å². The van der Waals surface area contributed by atoms with E-state index in [2.05, 4.69) is 28.7 Å². The molecule has 11 nitrogen and oxygen atoms in total. The van der Waals surface area contributed by atoms with Crippen LogP contribution in [0.5, 0.6) is 5.75 Å². The Hall–Kier alpha value is -3.88. The van der Waals surface area contributed by atoms with Crippen molar-refractivity contribution in [1.29, 1.82) is 0 Å². The summed E-state index contributed by atoms with van der Waals surface area (Å²) in [4.78, 5) is 28.7. The molecule has 5 rings (SSSR count). The number of hydrogen-bond acceptors (Lipinski definition) is 10. The van der Waals surface area contributed by atoms with Crippen molar-refractivity contribution in [3.05, 3.63) is 88.5 Å². The third-order valence-corrected chi connectivity index (χ3v) is 12.4. The number of carbonyl (C=O) groups is 2. The van der Waals surface area contributed by atoms with Gasteiger partial charge in [0.2, 0.25) is 15.9 Å². The van der Waals surface area contributed by atoms with Crippen LogP contribution in [-0.4, -0.2) is 85.6 Å². The van der Waals surface area contributed by atoms with E-state index in [9.17, 15) is 23.1 Å². The van der Waals surface area contributed by atoms with Gasteiger partial charge in [0.1, 0.15) is 23.0 Å². The molecule has 3 N–H and O–H groups in total. The molecule has 0 bridgehead atoms. The Morgan fingerprint density at radius 1 is 1.04 bits per heavy atom. The number of esters is 1. The highest BCUT2D eigenvalue weighted by atomic mass is 35.5. The highest BCUT2D eigenvalue weighted by Gasteiger charge is 2.30. The standard InChI is InChI=1S/C39H49ClN4O7S2/c1-26-12-17-43(18-13-26)19-16-33(46)42-31-10-6-8-28(22-31)25-53(48,49)44-20-14-30(15-21-44)41-32-11-7-9-29(23-32)36-34(40)35(50-24-27(2)45)37(52-36)38(47)51-39(3,4)5/h6-11,22-23,30,41,45H,1-2,12-21,24-25H2,3-5H3,(H,42,46). The van der Waals surface area contributed by atoms with Crippen molar-refractivity contribution in [2.24, 2.45) is 0 Å². The SMILES string of the molecule is C=C(O)COc1c(C(=O)OC(C)(C)C)sc(-c2cccc(NC3CCN(S(=O)(=O)Cc4cccc(NC(=O)CCN5CCC(=C)CC5)c4)CC3)c2)c1Cl. The summed E-state index contributed by atoms with van der Waals surface area (Å²) in [5, 5.41) is 16.3. The molecule has 0 unspecified atom stereocenters. The molecule has 2 aromatic carbocycles. The molecule has 53 heavy (non-hydrogen) atoms. The van der Waals surface area contributed by atoms with Crippen molar-refractivity contribution < 1.29 is 32.6 Å². The molecule has 14 heteroatoms. The van der Waals surface area contributed by atoms with Gasteiger partial charge in [-0.2, -0.15) is 0 Å². The normalized spacial score (nSPS) is 16.3. The maximum Gasteiger partial charge on any atom is 0.352 e. The van der Waals surface area contributed by atoms with Gasteiger partial charge in [0.05, 0.1) is 10.6 Å². The third kappa shape index (κ3) is 11.6. The number of halogens is 1. The molecular formula is C39H49ClN4O7S2. The zero-order valence-electron chi connectivity index (χ0n) is 30.6. The molecule has 0 aliphatic carbocycles. The predicted octanol–water partition coefficient (Wildman–Crippen LogP) is 7.86. The van der Waals surface area contributed by atoms with Gasteiger partial charge in [-0.15, -0.1) is 11.3 Å². The number of thiophene rings is 1. The fraction of sp³-hybridized carbons (Fsp3) is 0.436. The second-order valence-corrected chi connectivity index (χ2v) is 17.9. The lowest BCUT2D eigenvalue weighted by Crippen LogP contribution is -2.42. The number of carbonyl (C=O) groups excluding carboxylic acids is 2. The van der Waals surface area contributed by atoms with Crippen LogP contribution in [-0.2, 0) is 25.3 Å². The number of aliphatic hydroxyl groups excluding tert-OH is 1. The zero-order chi connectivity index (χ0) is 38.3. The second kappa shape index (κ2) is 17.5. The monoisotopic (exact) mass is 784 g/mol. The number of nitrogens with zero attached hydrogens (tertiary/aromatic N) is 2. The molecule has 2 aliphatic rings. The van der Waals surface area contributed by atoms with Crippen LogP contribution in [0.4, 0.5) is 11.4 Å². The van der Waals surface area contributed by atoms with Crippen molar-refractivity contribution >= 4 is 56.2 Å². The van der Waals surface area contributed by atoms with E-state index in [0.29, 0.717) is 55.0 Å². The highest BCUT2D eigenvalue weighted by molar-refractivity contribution is 7.88. The number of aliphatic hydroxyl groups is 1. The summed E-state index contributed by atoms with van der Waals surface area (Å²) < 4.78 is 39.7. The summed E-state index contributed by atoms with van der Waals surface area (Å²) in [5.41, 5.74) is 3.29. The molecule has 1 amide bonds. The summed E-state index contributed by atoms with van der Waals surface area (Å²) in [5.74, 6) is -0.928. The van der Waals surface area contributed by atoms with Crippen molar-refractivity contribution in [3.8, 4) is 16.2 Å². The first-order valence-corrected chi connectivity index (χ1v) is 20.5. The molecule has 0 saturated carbocycles. The van der Waals surface area contributed by atoms with Gasteiger partial charge in [0.15, 0.2) is 10.6 Å². The van der Waals surface area contributed by atoms with Gasteiger partial charge in [-0.25, -0.2) is 17.5 Å². The van der Waals surface area contributed by atoms with E-state index in [1.165, 1.54) is 9.88 Å². The molecular weight excluding hydrogens is 736 g/mol. The van der Waals surface area contributed by atoms with Crippen LogP contribution >= 0.6 is 22.9 Å². The Bertz CT molecular complexity index is 1920. The van der Waals surface area contributed by atoms with E-state index < -0.39 is 21.6 Å². The molecule has 1 aromatic heterocycles. The van der Waals surface area contributed by atoms with Gasteiger partial charge in [-0.3, -0.25) is 4.79 Å². The Kier molecular flexibility index (Phi) is 13.3. The van der Waals surface area contributed by atoms with Crippen LogP contribution in [0.3, 0.4) is 0 Å². The Morgan fingerprint density at radius 2 is 1.72 bits per heavy atom. The number of sulfonamides is 1. The Labute approximate surface area is 321 Å². The first-order valence-electron chi connectivity index (χ1n) is 17.7. The number of likely N-dealkylation sites (tertiary alicyclic amines) is 1. The van der Waals surface area contributed by atoms with E-state index in [0.717, 1.165) is 48.5 Å². The van der Waals surface area contributed by atoms with Crippen molar-refractivity contribution in [3.63, 3.8) is 0 Å². The van der Waals surface area contributed by atoms with Gasteiger partial charge < -0.3 is 30.1 Å². The van der Waals surface area contributed by atoms with Crippen LogP contribution in [0, 0.1) is 0 Å². The summed E-state index contributed by atoms with van der Waals surface area (Å²) >= 11 is 7.90. The smallest absolute Gasteiger partial charge is 0.352 e. The van der Waals surface area contributed by atoms with Crippen LogP contribution < -0.4 is 15.4 Å². The molecule has 0 atom stereocenters. The van der Waals surface area contributed by atoms with Crippen molar-refractivity contribution in [2.45, 2.75) is 70.3 Å². The number of anilines is 2. The average molecular weight is 785 g/mol. The maximum absolute atomic E-state index is 13.5. The Balaban J connectivity index is 1.16. The molecule has 2 saturated heterocycles. The quantitative estimate of drug-likeness (QED) is 0.0848. The van der Waals surface area contributed by atoms with E-state index in [1.807, 2.05) is 24.3 Å². The fourth-order valence-corrected chi connectivity index (χ4v) is 9.20. The molecule has 286 valence electrons. The average Bonchev–Trinajstić information content (AvgIpc) is 3.42. The van der Waals surface area contributed by atoms with Crippen molar-refractivity contribution in [1.82, 2.24) is 9.21 Å². The zero-order valence-corrected chi connectivity index (χ0v) is 33.0. The minimum absolute atomic E-state index is 0.0320. The number of piperidine rings is 2. The van der Waals surface area contributed by atoms with Gasteiger partial charge in [-0.05, 0) is 81.8 Å². The number of hydrogen-bond donors (Lipinski definition) is 3. The van der Waals surface area contributed by atoms with Crippen LogP contribution in [0.1, 0.15) is 68.1 Å². The first kappa shape index (κ1) is 40.3. The topological polar surface area (TPSA) is 138 Å². The predicted molar refractivity (Wildman–Crippen MR) is 213 cm³/mol. The summed E-state index contributed by atoms with van der Waals surface area (Å²) in [6, 6.07) is 14.7. The maximum atomic E-state index is 13.5. The highest BCUT2D eigenvalue weighted by Crippen LogP contribution is 2.46. The third-order valence-electron chi connectivity index (χ3n) is 8.90. The first-order chi connectivity index (χ1) is 25.1. The minimum atomic E-state index is -3.59. The summed E-state index contributed by atoms with van der Waals surface area (Å²) in [6.45, 7) is 15.8. The lowest BCUT2D eigenvalue weighted by Gasteiger charge is -2.32. The largest absolute Gasteiger partial charge is 0.509 e. The van der Waals surface area contributed by atoms with E-state index in [1.54, 1.807) is 45.0 Å². The van der Waals surface area contributed by atoms with Crippen LogP contribution in [0.2, 0.25) is 5.02 Å². The minimum Gasteiger partial charge on any atom is -0.509 e. The van der Waals surface area contributed by atoms with Crippen LogP contribution in [0.25, 0.3) is 10.4 Å². The number of amides is 1. The Morgan fingerprint density at radius 3 is 2.40 bits per heavy atom. The molecule has 2 fully saturated rings. The number of rotatable bonds is 14. The van der Waals surface area contributed by atoms with Gasteiger partial charge in [0, 0.05) is 56.6 Å². The van der Waals surface area contributed by atoms with Gasteiger partial charge in [-0.1, -0.05) is 54.6 Å². The van der Waals surface area contributed by atoms with Gasteiger partial charge in [0.25, 0.3) is 0 Å². The lowest BCUT2D eigenvalue weighted by molar-refractivity contribution is -0.116. The number of ether oxygens (including phenoxy) is 2. The van der Waals surface area contributed by atoms with E-state index >= 15 is 0 Å². The molecule has 0 spiro atoms. The fourth-order valence-electron chi connectivity index (χ4n) is 6.21. The lowest BCUT2D eigenvalue weighted by atomic mass is 10.1. The summed E-state index contributed by atoms with van der Waals surface area (Å²) in [7, 11) is -3.59. The molecule has 3 aromatic rings. The van der Waals surface area contributed by atoms with Crippen LogP contribution in [0.15, 0.2) is 73.0 Å². The second-order valence-electron chi connectivity index (χ2n) is 14.5. The molecule has 3 heterocycles. The van der Waals surface area contributed by atoms with Gasteiger partial charge >= 0.3 is 5.97 Å². The number of benzene rings is 2. The van der Waals surface area contributed by atoms with E-state index in [4.69, 9.17) is 21.1 Å². The van der Waals surface area contributed by atoms with Crippen molar-refractivity contribution in [2.75, 3.05) is 50.0 Å². The molecule has 2 aliphatic heterocycles. The summed E-state index contributed by atoms with van der Waals surface area (Å²) in [6.07, 6.45) is 3.52.